The predicted molar refractivity (Wildman–Crippen MR) is 77.2 cm³/mol. The molecule has 0 radical (unpaired) electrons. The van der Waals surface area contributed by atoms with Crippen LogP contribution in [-0.4, -0.2) is 24.6 Å². The summed E-state index contributed by atoms with van der Waals surface area (Å²) in [6.45, 7) is 8.90. The lowest BCUT2D eigenvalue weighted by Gasteiger charge is -2.20. The van der Waals surface area contributed by atoms with Crippen molar-refractivity contribution in [1.29, 1.82) is 0 Å². The minimum atomic E-state index is -0.369. The van der Waals surface area contributed by atoms with Crippen LogP contribution >= 0.6 is 0 Å². The van der Waals surface area contributed by atoms with Crippen LogP contribution in [0.5, 0.6) is 5.75 Å². The Kier molecular flexibility index (Phi) is 5.95. The maximum absolute atomic E-state index is 13.4. The molecule has 1 aromatic carbocycles. The quantitative estimate of drug-likeness (QED) is 0.841. The highest BCUT2D eigenvalue weighted by Crippen LogP contribution is 2.16. The molecule has 112 valence electrons. The highest BCUT2D eigenvalue weighted by molar-refractivity contribution is 5.78. The van der Waals surface area contributed by atoms with Gasteiger partial charge in [-0.2, -0.15) is 0 Å². The van der Waals surface area contributed by atoms with Crippen LogP contribution in [-0.2, 0) is 11.3 Å². The molecule has 0 bridgehead atoms. The van der Waals surface area contributed by atoms with Crippen LogP contribution in [0, 0.1) is 5.82 Å². The number of carbonyl (C=O) groups is 1. The molecule has 0 spiro atoms. The number of ether oxygens (including phenoxy) is 1. The third-order valence-electron chi connectivity index (χ3n) is 2.39. The monoisotopic (exact) mass is 282 g/mol. The van der Waals surface area contributed by atoms with Crippen molar-refractivity contribution in [1.82, 2.24) is 10.6 Å². The predicted octanol–water partition coefficient (Wildman–Crippen LogP) is 2.23. The Hall–Kier alpha value is -1.62. The van der Waals surface area contributed by atoms with E-state index in [9.17, 15) is 9.18 Å². The molecular formula is C15H23FN2O2. The van der Waals surface area contributed by atoms with Crippen molar-refractivity contribution in [3.05, 3.63) is 29.6 Å². The van der Waals surface area contributed by atoms with Gasteiger partial charge in [-0.1, -0.05) is 6.92 Å². The van der Waals surface area contributed by atoms with Crippen molar-refractivity contribution in [2.24, 2.45) is 0 Å². The molecule has 0 saturated carbocycles. The molecule has 1 amide bonds. The van der Waals surface area contributed by atoms with E-state index in [1.807, 2.05) is 27.7 Å². The molecule has 0 heterocycles. The van der Waals surface area contributed by atoms with Crippen molar-refractivity contribution < 1.29 is 13.9 Å². The fraction of sp³-hybridized carbons (Fsp3) is 0.533. The van der Waals surface area contributed by atoms with Crippen molar-refractivity contribution in [3.8, 4) is 5.75 Å². The molecule has 20 heavy (non-hydrogen) atoms. The van der Waals surface area contributed by atoms with E-state index < -0.39 is 0 Å². The second-order valence-electron chi connectivity index (χ2n) is 5.66. The summed E-state index contributed by atoms with van der Waals surface area (Å²) in [5, 5.41) is 5.90. The number of hydrogen-bond acceptors (Lipinski definition) is 3. The summed E-state index contributed by atoms with van der Waals surface area (Å²) in [7, 11) is 0. The first-order chi connectivity index (χ1) is 9.30. The summed E-state index contributed by atoms with van der Waals surface area (Å²) in [6, 6.07) is 4.46. The fourth-order valence-corrected chi connectivity index (χ4v) is 1.68. The van der Waals surface area contributed by atoms with Gasteiger partial charge >= 0.3 is 0 Å². The van der Waals surface area contributed by atoms with E-state index in [4.69, 9.17) is 4.74 Å². The van der Waals surface area contributed by atoms with E-state index in [2.05, 4.69) is 10.6 Å². The number of carbonyl (C=O) groups excluding carboxylic acids is 1. The summed E-state index contributed by atoms with van der Waals surface area (Å²) in [5.74, 6) is -0.233. The van der Waals surface area contributed by atoms with Crippen molar-refractivity contribution >= 4 is 5.91 Å². The van der Waals surface area contributed by atoms with Gasteiger partial charge in [0, 0.05) is 18.2 Å². The summed E-state index contributed by atoms with van der Waals surface area (Å²) in [4.78, 5) is 11.6. The lowest BCUT2D eigenvalue weighted by molar-refractivity contribution is -0.124. The van der Waals surface area contributed by atoms with Gasteiger partial charge in [-0.15, -0.1) is 0 Å². The molecule has 4 nitrogen and oxygen atoms in total. The van der Waals surface area contributed by atoms with Crippen molar-refractivity contribution in [2.45, 2.75) is 39.8 Å². The largest absolute Gasteiger partial charge is 0.484 e. The molecular weight excluding hydrogens is 259 g/mol. The molecule has 0 aliphatic heterocycles. The van der Waals surface area contributed by atoms with Crippen LogP contribution < -0.4 is 15.4 Å². The lowest BCUT2D eigenvalue weighted by atomic mass is 10.1. The maximum Gasteiger partial charge on any atom is 0.258 e. The minimum Gasteiger partial charge on any atom is -0.484 e. The van der Waals surface area contributed by atoms with Gasteiger partial charge in [-0.25, -0.2) is 4.39 Å². The van der Waals surface area contributed by atoms with Gasteiger partial charge < -0.3 is 15.4 Å². The van der Waals surface area contributed by atoms with E-state index in [0.29, 0.717) is 12.3 Å². The highest BCUT2D eigenvalue weighted by atomic mass is 19.1. The van der Waals surface area contributed by atoms with Gasteiger partial charge in [0.05, 0.1) is 0 Å². The normalized spacial score (nSPS) is 11.2. The first kappa shape index (κ1) is 16.4. The Balaban J connectivity index is 2.59. The molecule has 0 fully saturated rings. The van der Waals surface area contributed by atoms with Crippen LogP contribution in [0.3, 0.4) is 0 Å². The Bertz CT molecular complexity index is 456. The van der Waals surface area contributed by atoms with Gasteiger partial charge in [0.25, 0.3) is 5.91 Å². The molecule has 0 aliphatic carbocycles. The molecule has 0 aromatic heterocycles. The van der Waals surface area contributed by atoms with E-state index in [1.165, 1.54) is 12.1 Å². The first-order valence-corrected chi connectivity index (χ1v) is 6.74. The minimum absolute atomic E-state index is 0.124. The first-order valence-electron chi connectivity index (χ1n) is 6.74. The molecule has 0 saturated heterocycles. The van der Waals surface area contributed by atoms with Gasteiger partial charge in [-0.05, 0) is 45.0 Å². The van der Waals surface area contributed by atoms with Crippen LogP contribution in [0.1, 0.15) is 33.3 Å². The SMILES string of the molecule is CCNCc1cc(F)cc(OCC(=O)NC(C)(C)C)c1. The second kappa shape index (κ2) is 7.24. The van der Waals surface area contributed by atoms with Crippen LogP contribution in [0.25, 0.3) is 0 Å². The molecule has 5 heteroatoms. The average Bonchev–Trinajstić information content (AvgIpc) is 2.31. The van der Waals surface area contributed by atoms with Gasteiger partial charge in [0.15, 0.2) is 6.61 Å². The second-order valence-corrected chi connectivity index (χ2v) is 5.66. The van der Waals surface area contributed by atoms with E-state index >= 15 is 0 Å². The van der Waals surface area contributed by atoms with Gasteiger partial charge in [0.2, 0.25) is 0 Å². The maximum atomic E-state index is 13.4. The molecule has 0 atom stereocenters. The smallest absolute Gasteiger partial charge is 0.258 e. The third-order valence-corrected chi connectivity index (χ3v) is 2.39. The zero-order chi connectivity index (χ0) is 15.2. The third kappa shape index (κ3) is 6.52. The summed E-state index contributed by atoms with van der Waals surface area (Å²) in [6.07, 6.45) is 0. The van der Waals surface area contributed by atoms with E-state index in [-0.39, 0.29) is 23.9 Å². The summed E-state index contributed by atoms with van der Waals surface area (Å²) >= 11 is 0. The van der Waals surface area contributed by atoms with Crippen LogP contribution in [0.4, 0.5) is 4.39 Å². The lowest BCUT2D eigenvalue weighted by Crippen LogP contribution is -2.43. The number of benzene rings is 1. The molecule has 0 aliphatic rings. The fourth-order valence-electron chi connectivity index (χ4n) is 1.68. The number of hydrogen-bond donors (Lipinski definition) is 2. The molecule has 2 N–H and O–H groups in total. The average molecular weight is 282 g/mol. The Morgan fingerprint density at radius 3 is 2.60 bits per heavy atom. The Morgan fingerprint density at radius 2 is 2.00 bits per heavy atom. The number of nitrogens with one attached hydrogen (secondary N) is 2. The van der Waals surface area contributed by atoms with Crippen molar-refractivity contribution in [3.63, 3.8) is 0 Å². The standard InChI is InChI=1S/C15H23FN2O2/c1-5-17-9-11-6-12(16)8-13(7-11)20-10-14(19)18-15(2,3)4/h6-8,17H,5,9-10H2,1-4H3,(H,18,19). The molecule has 0 unspecified atom stereocenters. The molecule has 1 aromatic rings. The van der Waals surface area contributed by atoms with Crippen molar-refractivity contribution in [2.75, 3.05) is 13.2 Å². The topological polar surface area (TPSA) is 50.4 Å². The molecule has 1 rings (SSSR count). The number of amides is 1. The van der Waals surface area contributed by atoms with Gasteiger partial charge in [-0.3, -0.25) is 4.79 Å². The van der Waals surface area contributed by atoms with E-state index in [1.54, 1.807) is 6.07 Å². The summed E-state index contributed by atoms with van der Waals surface area (Å²) < 4.78 is 18.8. The van der Waals surface area contributed by atoms with Gasteiger partial charge in [0.1, 0.15) is 11.6 Å². The van der Waals surface area contributed by atoms with Crippen LogP contribution in [0.2, 0.25) is 0 Å². The summed E-state index contributed by atoms with van der Waals surface area (Å²) in [5.41, 5.74) is 0.483. The Labute approximate surface area is 119 Å². The van der Waals surface area contributed by atoms with Crippen LogP contribution in [0.15, 0.2) is 18.2 Å². The number of rotatable bonds is 6. The van der Waals surface area contributed by atoms with E-state index in [0.717, 1.165) is 12.1 Å². The zero-order valence-corrected chi connectivity index (χ0v) is 12.5. The Morgan fingerprint density at radius 1 is 1.30 bits per heavy atom. The highest BCUT2D eigenvalue weighted by Gasteiger charge is 2.14. The zero-order valence-electron chi connectivity index (χ0n) is 12.5. The number of halogens is 1.